The zero-order valence-electron chi connectivity index (χ0n) is 12.4. The Labute approximate surface area is 127 Å². The lowest BCUT2D eigenvalue weighted by atomic mass is 10.0. The summed E-state index contributed by atoms with van der Waals surface area (Å²) in [6.07, 6.45) is 1.05. The molecule has 0 spiro atoms. The highest BCUT2D eigenvalue weighted by Gasteiger charge is 2.13. The first-order chi connectivity index (χ1) is 9.60. The lowest BCUT2D eigenvalue weighted by Crippen LogP contribution is -2.24. The van der Waals surface area contributed by atoms with Crippen molar-refractivity contribution in [2.75, 3.05) is 0 Å². The van der Waals surface area contributed by atoms with E-state index < -0.39 is 0 Å². The van der Waals surface area contributed by atoms with Gasteiger partial charge >= 0.3 is 0 Å². The summed E-state index contributed by atoms with van der Waals surface area (Å²) >= 11 is 5.96. The van der Waals surface area contributed by atoms with Gasteiger partial charge in [-0.3, -0.25) is 0 Å². The van der Waals surface area contributed by atoms with E-state index in [1.807, 2.05) is 12.1 Å². The summed E-state index contributed by atoms with van der Waals surface area (Å²) in [4.78, 5) is 0. The summed E-state index contributed by atoms with van der Waals surface area (Å²) < 4.78 is 0. The summed E-state index contributed by atoms with van der Waals surface area (Å²) in [5, 5.41) is 4.48. The molecule has 0 heterocycles. The molecule has 0 radical (unpaired) electrons. The van der Waals surface area contributed by atoms with E-state index in [1.165, 1.54) is 16.7 Å². The fourth-order valence-electron chi connectivity index (χ4n) is 2.40. The molecule has 0 amide bonds. The quantitative estimate of drug-likeness (QED) is 0.771. The number of hydrogen-bond donors (Lipinski definition) is 1. The first-order valence-electron chi connectivity index (χ1n) is 7.18. The molecule has 1 N–H and O–H groups in total. The van der Waals surface area contributed by atoms with E-state index in [0.717, 1.165) is 11.4 Å². The SMILES string of the molecule is CCC(N[C@@H](C)c1ccc(C)cc1)c1ccc(Cl)cc1. The van der Waals surface area contributed by atoms with Gasteiger partial charge in [0, 0.05) is 17.1 Å². The van der Waals surface area contributed by atoms with Gasteiger partial charge in [-0.05, 0) is 43.5 Å². The highest BCUT2D eigenvalue weighted by atomic mass is 35.5. The van der Waals surface area contributed by atoms with Gasteiger partial charge in [-0.15, -0.1) is 0 Å². The van der Waals surface area contributed by atoms with Crippen LogP contribution in [-0.2, 0) is 0 Å². The Morgan fingerprint density at radius 1 is 0.950 bits per heavy atom. The highest BCUT2D eigenvalue weighted by Crippen LogP contribution is 2.23. The Hall–Kier alpha value is -1.31. The fraction of sp³-hybridized carbons (Fsp3) is 0.333. The molecular weight excluding hydrogens is 266 g/mol. The van der Waals surface area contributed by atoms with E-state index in [2.05, 4.69) is 62.5 Å². The Balaban J connectivity index is 2.09. The molecule has 1 nitrogen and oxygen atoms in total. The van der Waals surface area contributed by atoms with Gasteiger partial charge in [0.15, 0.2) is 0 Å². The molecule has 2 aromatic rings. The molecule has 0 saturated heterocycles. The molecule has 20 heavy (non-hydrogen) atoms. The van der Waals surface area contributed by atoms with E-state index in [-0.39, 0.29) is 0 Å². The summed E-state index contributed by atoms with van der Waals surface area (Å²) in [5.41, 5.74) is 3.91. The average molecular weight is 288 g/mol. The van der Waals surface area contributed by atoms with Crippen molar-refractivity contribution in [3.8, 4) is 0 Å². The van der Waals surface area contributed by atoms with Crippen LogP contribution < -0.4 is 5.32 Å². The maximum atomic E-state index is 5.96. The maximum absolute atomic E-state index is 5.96. The second kappa shape index (κ2) is 6.92. The van der Waals surface area contributed by atoms with Crippen molar-refractivity contribution in [3.05, 3.63) is 70.2 Å². The third kappa shape index (κ3) is 3.84. The second-order valence-corrected chi connectivity index (χ2v) is 5.75. The average Bonchev–Trinajstić information content (AvgIpc) is 2.46. The van der Waals surface area contributed by atoms with Crippen molar-refractivity contribution in [3.63, 3.8) is 0 Å². The number of aryl methyl sites for hydroxylation is 1. The van der Waals surface area contributed by atoms with Crippen LogP contribution in [0, 0.1) is 6.92 Å². The predicted octanol–water partition coefficient (Wildman–Crippen LogP) is 5.45. The van der Waals surface area contributed by atoms with E-state index in [0.29, 0.717) is 12.1 Å². The number of rotatable bonds is 5. The molecule has 1 unspecified atom stereocenters. The van der Waals surface area contributed by atoms with E-state index in [9.17, 15) is 0 Å². The van der Waals surface area contributed by atoms with Crippen LogP contribution in [0.1, 0.15) is 49.0 Å². The van der Waals surface area contributed by atoms with Gasteiger partial charge in [0.05, 0.1) is 0 Å². The van der Waals surface area contributed by atoms with Gasteiger partial charge in [-0.1, -0.05) is 60.5 Å². The van der Waals surface area contributed by atoms with E-state index >= 15 is 0 Å². The largest absolute Gasteiger partial charge is 0.303 e. The normalized spacial score (nSPS) is 14.0. The van der Waals surface area contributed by atoms with Crippen LogP contribution in [0.2, 0.25) is 5.02 Å². The van der Waals surface area contributed by atoms with Crippen LogP contribution in [0.3, 0.4) is 0 Å². The van der Waals surface area contributed by atoms with Crippen molar-refractivity contribution in [1.29, 1.82) is 0 Å². The number of halogens is 1. The molecule has 0 saturated carbocycles. The Morgan fingerprint density at radius 2 is 1.50 bits per heavy atom. The van der Waals surface area contributed by atoms with Gasteiger partial charge in [0.1, 0.15) is 0 Å². The minimum Gasteiger partial charge on any atom is -0.303 e. The first-order valence-corrected chi connectivity index (χ1v) is 7.56. The molecule has 2 rings (SSSR count). The zero-order valence-corrected chi connectivity index (χ0v) is 13.1. The van der Waals surface area contributed by atoms with Crippen LogP contribution in [0.15, 0.2) is 48.5 Å². The van der Waals surface area contributed by atoms with Crippen molar-refractivity contribution in [2.24, 2.45) is 0 Å². The van der Waals surface area contributed by atoms with Gasteiger partial charge in [0.25, 0.3) is 0 Å². The third-order valence-electron chi connectivity index (χ3n) is 3.71. The third-order valence-corrected chi connectivity index (χ3v) is 3.96. The molecule has 2 aromatic carbocycles. The molecule has 0 bridgehead atoms. The van der Waals surface area contributed by atoms with Gasteiger partial charge < -0.3 is 5.32 Å². The standard InChI is InChI=1S/C18H22ClN/c1-4-18(16-9-11-17(19)12-10-16)20-14(3)15-7-5-13(2)6-8-15/h5-12,14,18,20H,4H2,1-3H3/t14-,18?/m0/s1. The lowest BCUT2D eigenvalue weighted by molar-refractivity contribution is 0.456. The van der Waals surface area contributed by atoms with E-state index in [1.54, 1.807) is 0 Å². The van der Waals surface area contributed by atoms with Gasteiger partial charge in [-0.25, -0.2) is 0 Å². The maximum Gasteiger partial charge on any atom is 0.0406 e. The number of hydrogen-bond acceptors (Lipinski definition) is 1. The molecular formula is C18H22ClN. The van der Waals surface area contributed by atoms with Crippen LogP contribution in [0.4, 0.5) is 0 Å². The molecule has 0 aliphatic heterocycles. The summed E-state index contributed by atoms with van der Waals surface area (Å²) in [6, 6.07) is 17.5. The molecule has 2 atom stereocenters. The Morgan fingerprint density at radius 3 is 2.05 bits per heavy atom. The molecule has 0 aliphatic rings. The van der Waals surface area contributed by atoms with Crippen LogP contribution in [-0.4, -0.2) is 0 Å². The topological polar surface area (TPSA) is 12.0 Å². The predicted molar refractivity (Wildman–Crippen MR) is 87.2 cm³/mol. The van der Waals surface area contributed by atoms with Crippen molar-refractivity contribution >= 4 is 11.6 Å². The summed E-state index contributed by atoms with van der Waals surface area (Å²) in [6.45, 7) is 6.53. The lowest BCUT2D eigenvalue weighted by Gasteiger charge is -2.23. The smallest absolute Gasteiger partial charge is 0.0406 e. The zero-order chi connectivity index (χ0) is 14.5. The Bertz CT molecular complexity index is 530. The second-order valence-electron chi connectivity index (χ2n) is 5.31. The summed E-state index contributed by atoms with van der Waals surface area (Å²) in [5.74, 6) is 0. The molecule has 0 aliphatic carbocycles. The summed E-state index contributed by atoms with van der Waals surface area (Å²) in [7, 11) is 0. The Kier molecular flexibility index (Phi) is 5.22. The number of benzene rings is 2. The molecule has 2 heteroatoms. The van der Waals surface area contributed by atoms with Crippen molar-refractivity contribution in [1.82, 2.24) is 5.32 Å². The van der Waals surface area contributed by atoms with E-state index in [4.69, 9.17) is 11.6 Å². The first kappa shape index (κ1) is 15.1. The highest BCUT2D eigenvalue weighted by molar-refractivity contribution is 6.30. The van der Waals surface area contributed by atoms with Crippen LogP contribution >= 0.6 is 11.6 Å². The fourth-order valence-corrected chi connectivity index (χ4v) is 2.52. The van der Waals surface area contributed by atoms with Crippen LogP contribution in [0.5, 0.6) is 0 Å². The molecule has 0 aromatic heterocycles. The van der Waals surface area contributed by atoms with Crippen molar-refractivity contribution in [2.45, 2.75) is 39.3 Å². The number of nitrogens with one attached hydrogen (secondary N) is 1. The minimum atomic E-state index is 0.330. The minimum absolute atomic E-state index is 0.330. The van der Waals surface area contributed by atoms with Crippen molar-refractivity contribution < 1.29 is 0 Å². The molecule has 0 fully saturated rings. The molecule has 106 valence electrons. The van der Waals surface area contributed by atoms with Gasteiger partial charge in [-0.2, -0.15) is 0 Å². The monoisotopic (exact) mass is 287 g/mol. The van der Waals surface area contributed by atoms with Crippen LogP contribution in [0.25, 0.3) is 0 Å². The van der Waals surface area contributed by atoms with Gasteiger partial charge in [0.2, 0.25) is 0 Å².